The fourth-order valence-corrected chi connectivity index (χ4v) is 3.93. The first kappa shape index (κ1) is 24.4. The van der Waals surface area contributed by atoms with Crippen molar-refractivity contribution in [3.63, 3.8) is 0 Å². The summed E-state index contributed by atoms with van der Waals surface area (Å²) in [5.74, 6) is 2.83. The van der Waals surface area contributed by atoms with Crippen molar-refractivity contribution in [3.8, 4) is 0 Å². The van der Waals surface area contributed by atoms with Gasteiger partial charge in [0.05, 0.1) is 6.54 Å². The second-order valence-electron chi connectivity index (χ2n) is 8.01. The minimum atomic E-state index is 0. The van der Waals surface area contributed by atoms with E-state index < -0.39 is 0 Å². The number of nitrogens with zero attached hydrogens (tertiary/aromatic N) is 8. The number of likely N-dealkylation sites (N-methyl/N-ethyl adjacent to an activating group) is 1. The molecule has 0 bridgehead atoms. The molecular formula is C22H34IN9. The number of nitrogens with one attached hydrogen (secondary N) is 1. The number of piperazine rings is 2. The third-order valence-electron chi connectivity index (χ3n) is 5.80. The molecule has 0 saturated carbocycles. The summed E-state index contributed by atoms with van der Waals surface area (Å²) in [6.07, 6.45) is 5.50. The van der Waals surface area contributed by atoms with Crippen LogP contribution in [0, 0.1) is 0 Å². The zero-order valence-electron chi connectivity index (χ0n) is 19.0. The molecule has 2 aromatic rings. The molecule has 9 nitrogen and oxygen atoms in total. The van der Waals surface area contributed by atoms with Gasteiger partial charge in [-0.15, -0.1) is 24.0 Å². The summed E-state index contributed by atoms with van der Waals surface area (Å²) in [7, 11) is 2.17. The molecule has 1 N–H and O–H groups in total. The van der Waals surface area contributed by atoms with E-state index in [1.807, 2.05) is 12.3 Å². The largest absolute Gasteiger partial charge is 0.357 e. The van der Waals surface area contributed by atoms with Gasteiger partial charge in [-0.1, -0.05) is 0 Å². The van der Waals surface area contributed by atoms with Gasteiger partial charge >= 0.3 is 0 Å². The van der Waals surface area contributed by atoms with Crippen LogP contribution in [0.15, 0.2) is 41.8 Å². The molecule has 0 unspecified atom stereocenters. The molecule has 2 aliphatic heterocycles. The molecule has 4 heterocycles. The predicted octanol–water partition coefficient (Wildman–Crippen LogP) is 1.53. The van der Waals surface area contributed by atoms with Crippen LogP contribution in [0.3, 0.4) is 0 Å². The minimum absolute atomic E-state index is 0. The fourth-order valence-electron chi connectivity index (χ4n) is 3.93. The SMILES string of the molecule is CCNC(=NCc1ccnc(N2CCN(C)CC2)c1)N1CCN(c2ncccn2)CC1.I. The number of pyridine rings is 1. The van der Waals surface area contributed by atoms with Crippen LogP contribution in [-0.4, -0.2) is 96.7 Å². The van der Waals surface area contributed by atoms with Gasteiger partial charge < -0.3 is 24.9 Å². The molecule has 174 valence electrons. The Balaban J connectivity index is 0.00000289. The molecule has 2 fully saturated rings. The van der Waals surface area contributed by atoms with Crippen molar-refractivity contribution in [1.82, 2.24) is 30.1 Å². The first-order valence-corrected chi connectivity index (χ1v) is 11.2. The van der Waals surface area contributed by atoms with Gasteiger partial charge in [0.2, 0.25) is 5.95 Å². The Morgan fingerprint density at radius 2 is 1.62 bits per heavy atom. The second kappa shape index (κ2) is 12.1. The van der Waals surface area contributed by atoms with Crippen molar-refractivity contribution in [2.45, 2.75) is 13.5 Å². The number of rotatable bonds is 5. The Morgan fingerprint density at radius 3 is 2.31 bits per heavy atom. The van der Waals surface area contributed by atoms with E-state index in [2.05, 4.69) is 66.0 Å². The van der Waals surface area contributed by atoms with Gasteiger partial charge in [0.25, 0.3) is 0 Å². The molecule has 0 aromatic carbocycles. The maximum Gasteiger partial charge on any atom is 0.225 e. The molecule has 2 aliphatic rings. The number of hydrogen-bond donors (Lipinski definition) is 1. The van der Waals surface area contributed by atoms with Crippen LogP contribution >= 0.6 is 24.0 Å². The van der Waals surface area contributed by atoms with Crippen LogP contribution in [0.2, 0.25) is 0 Å². The lowest BCUT2D eigenvalue weighted by Gasteiger charge is -2.36. The maximum atomic E-state index is 4.93. The van der Waals surface area contributed by atoms with Crippen LogP contribution in [0.25, 0.3) is 0 Å². The topological polar surface area (TPSA) is 76.0 Å². The zero-order chi connectivity index (χ0) is 21.5. The van der Waals surface area contributed by atoms with Gasteiger partial charge in [-0.25, -0.2) is 19.9 Å². The molecule has 10 heteroatoms. The van der Waals surface area contributed by atoms with Crippen molar-refractivity contribution in [3.05, 3.63) is 42.4 Å². The number of anilines is 2. The highest BCUT2D eigenvalue weighted by Crippen LogP contribution is 2.16. The van der Waals surface area contributed by atoms with E-state index in [1.165, 1.54) is 5.56 Å². The predicted molar refractivity (Wildman–Crippen MR) is 140 cm³/mol. The Kier molecular flexibility index (Phi) is 9.27. The number of hydrogen-bond acceptors (Lipinski definition) is 7. The van der Waals surface area contributed by atoms with Gasteiger partial charge in [-0.3, -0.25) is 0 Å². The van der Waals surface area contributed by atoms with Crippen LogP contribution in [0.1, 0.15) is 12.5 Å². The van der Waals surface area contributed by atoms with Crippen LogP contribution in [0.5, 0.6) is 0 Å². The van der Waals surface area contributed by atoms with E-state index in [9.17, 15) is 0 Å². The minimum Gasteiger partial charge on any atom is -0.357 e. The molecule has 2 saturated heterocycles. The zero-order valence-corrected chi connectivity index (χ0v) is 21.4. The molecule has 0 radical (unpaired) electrons. The highest BCUT2D eigenvalue weighted by atomic mass is 127. The molecule has 0 aliphatic carbocycles. The van der Waals surface area contributed by atoms with E-state index >= 15 is 0 Å². The number of aromatic nitrogens is 3. The third-order valence-corrected chi connectivity index (χ3v) is 5.80. The van der Waals surface area contributed by atoms with Crippen LogP contribution in [0.4, 0.5) is 11.8 Å². The van der Waals surface area contributed by atoms with Crippen molar-refractivity contribution in [2.75, 3.05) is 75.8 Å². The Hall–Kier alpha value is -2.21. The normalized spacial score (nSPS) is 17.8. The molecule has 32 heavy (non-hydrogen) atoms. The van der Waals surface area contributed by atoms with E-state index in [-0.39, 0.29) is 24.0 Å². The highest BCUT2D eigenvalue weighted by Gasteiger charge is 2.21. The fraction of sp³-hybridized carbons (Fsp3) is 0.545. The maximum absolute atomic E-state index is 4.93. The molecule has 4 rings (SSSR count). The van der Waals surface area contributed by atoms with Gasteiger partial charge in [-0.05, 0) is 37.7 Å². The average molecular weight is 551 g/mol. The van der Waals surface area contributed by atoms with Crippen molar-refractivity contribution in [1.29, 1.82) is 0 Å². The first-order valence-electron chi connectivity index (χ1n) is 11.2. The van der Waals surface area contributed by atoms with E-state index in [0.29, 0.717) is 6.54 Å². The average Bonchev–Trinajstić information content (AvgIpc) is 2.83. The summed E-state index contributed by atoms with van der Waals surface area (Å²) in [5, 5.41) is 3.45. The van der Waals surface area contributed by atoms with Gasteiger partial charge in [0, 0.05) is 77.5 Å². The first-order chi connectivity index (χ1) is 15.2. The van der Waals surface area contributed by atoms with Gasteiger partial charge in [0.15, 0.2) is 5.96 Å². The van der Waals surface area contributed by atoms with E-state index in [0.717, 1.165) is 76.6 Å². The second-order valence-corrected chi connectivity index (χ2v) is 8.01. The molecule has 0 atom stereocenters. The summed E-state index contributed by atoms with van der Waals surface area (Å²) in [6, 6.07) is 6.10. The number of guanidine groups is 1. The van der Waals surface area contributed by atoms with Crippen molar-refractivity contribution < 1.29 is 0 Å². The monoisotopic (exact) mass is 551 g/mol. The molecular weight excluding hydrogens is 517 g/mol. The quantitative estimate of drug-likeness (QED) is 0.341. The summed E-state index contributed by atoms with van der Waals surface area (Å²) >= 11 is 0. The Bertz CT molecular complexity index is 847. The third kappa shape index (κ3) is 6.41. The number of halogens is 1. The lowest BCUT2D eigenvalue weighted by molar-refractivity contribution is 0.312. The van der Waals surface area contributed by atoms with E-state index in [1.54, 1.807) is 12.4 Å². The standard InChI is InChI=1S/C22H33N9.HI/c1-3-23-21(30-13-15-31(16-14-30)22-25-6-4-7-26-22)27-18-19-5-8-24-20(17-19)29-11-9-28(2)10-12-29;/h4-8,17H,3,9-16,18H2,1-2H3,(H,23,27);1H. The molecule has 2 aromatic heterocycles. The summed E-state index contributed by atoms with van der Waals surface area (Å²) in [6.45, 7) is 11.4. The highest BCUT2D eigenvalue weighted by molar-refractivity contribution is 14.0. The van der Waals surface area contributed by atoms with Gasteiger partial charge in [-0.2, -0.15) is 0 Å². The Labute approximate surface area is 208 Å². The van der Waals surface area contributed by atoms with Gasteiger partial charge in [0.1, 0.15) is 5.82 Å². The lowest BCUT2D eigenvalue weighted by atomic mass is 10.2. The molecule has 0 spiro atoms. The Morgan fingerprint density at radius 1 is 0.938 bits per heavy atom. The smallest absolute Gasteiger partial charge is 0.225 e. The molecule has 0 amide bonds. The van der Waals surface area contributed by atoms with Crippen molar-refractivity contribution >= 4 is 41.7 Å². The summed E-state index contributed by atoms with van der Waals surface area (Å²) < 4.78 is 0. The summed E-state index contributed by atoms with van der Waals surface area (Å²) in [5.41, 5.74) is 1.19. The van der Waals surface area contributed by atoms with Crippen molar-refractivity contribution in [2.24, 2.45) is 4.99 Å². The van der Waals surface area contributed by atoms with E-state index in [4.69, 9.17) is 4.99 Å². The van der Waals surface area contributed by atoms with Crippen LogP contribution < -0.4 is 15.1 Å². The summed E-state index contributed by atoms with van der Waals surface area (Å²) in [4.78, 5) is 27.5. The van der Waals surface area contributed by atoms with Crippen LogP contribution in [-0.2, 0) is 6.54 Å². The number of aliphatic imine (C=N–C) groups is 1. The lowest BCUT2D eigenvalue weighted by Crippen LogP contribution is -2.53.